The molecule has 0 saturated heterocycles. The molecular weight excluding hydrogens is 220 g/mol. The smallest absolute Gasteiger partial charge is 0.233 e. The summed E-state index contributed by atoms with van der Waals surface area (Å²) in [4.78, 5) is 11.3. The van der Waals surface area contributed by atoms with Crippen molar-refractivity contribution in [2.75, 3.05) is 33.4 Å². The summed E-state index contributed by atoms with van der Waals surface area (Å²) in [6.45, 7) is 3.17. The van der Waals surface area contributed by atoms with E-state index in [2.05, 4.69) is 15.7 Å². The number of aromatic nitrogens is 2. The topological polar surface area (TPSA) is 68.2 Å². The van der Waals surface area contributed by atoms with E-state index < -0.39 is 0 Å². The average Bonchev–Trinajstić information content (AvgIpc) is 2.83. The number of nitrogens with zero attached hydrogens (tertiary/aromatic N) is 2. The number of methoxy groups -OCH3 is 1. The quantitative estimate of drug-likeness (QED) is 0.578. The van der Waals surface area contributed by atoms with Gasteiger partial charge in [-0.3, -0.25) is 9.48 Å². The van der Waals surface area contributed by atoms with E-state index in [-0.39, 0.29) is 5.91 Å². The second-order valence-electron chi connectivity index (χ2n) is 3.64. The zero-order valence-electron chi connectivity index (χ0n) is 10.2. The highest BCUT2D eigenvalue weighted by atomic mass is 16.5. The molecule has 0 saturated carbocycles. The molecule has 0 aliphatic heterocycles. The highest BCUT2D eigenvalue weighted by molar-refractivity contribution is 5.77. The monoisotopic (exact) mass is 240 g/mol. The minimum Gasteiger partial charge on any atom is -0.385 e. The summed E-state index contributed by atoms with van der Waals surface area (Å²) in [6.07, 6.45) is 4.48. The molecule has 0 spiro atoms. The van der Waals surface area contributed by atoms with Crippen LogP contribution in [-0.2, 0) is 16.1 Å². The fourth-order valence-electron chi connectivity index (χ4n) is 1.34. The molecule has 96 valence electrons. The Labute approximate surface area is 101 Å². The molecule has 0 atom stereocenters. The molecule has 1 rings (SSSR count). The second kappa shape index (κ2) is 8.72. The number of carbonyl (C=O) groups excluding carboxylic acids is 1. The van der Waals surface area contributed by atoms with Crippen LogP contribution in [0.15, 0.2) is 18.5 Å². The van der Waals surface area contributed by atoms with E-state index in [1.807, 2.05) is 16.9 Å². The first kappa shape index (κ1) is 13.7. The lowest BCUT2D eigenvalue weighted by molar-refractivity contribution is -0.120. The van der Waals surface area contributed by atoms with E-state index >= 15 is 0 Å². The van der Waals surface area contributed by atoms with E-state index in [0.717, 1.165) is 19.5 Å². The highest BCUT2D eigenvalue weighted by Gasteiger charge is 1.99. The molecule has 0 aromatic carbocycles. The van der Waals surface area contributed by atoms with Crippen LogP contribution in [0.2, 0.25) is 0 Å². The molecule has 0 aliphatic carbocycles. The van der Waals surface area contributed by atoms with Crippen molar-refractivity contribution in [3.63, 3.8) is 0 Å². The lowest BCUT2D eigenvalue weighted by Crippen LogP contribution is -2.35. The van der Waals surface area contributed by atoms with Gasteiger partial charge in [-0.2, -0.15) is 5.10 Å². The first-order valence-electron chi connectivity index (χ1n) is 5.76. The van der Waals surface area contributed by atoms with Crippen molar-refractivity contribution in [1.29, 1.82) is 0 Å². The van der Waals surface area contributed by atoms with Gasteiger partial charge in [-0.15, -0.1) is 0 Å². The van der Waals surface area contributed by atoms with Gasteiger partial charge in [0.2, 0.25) is 5.91 Å². The zero-order chi connectivity index (χ0) is 12.3. The van der Waals surface area contributed by atoms with E-state index in [1.54, 1.807) is 13.3 Å². The lowest BCUT2D eigenvalue weighted by atomic mass is 10.4. The van der Waals surface area contributed by atoms with Crippen LogP contribution in [0, 0.1) is 0 Å². The molecule has 0 fully saturated rings. The Hall–Kier alpha value is -1.40. The van der Waals surface area contributed by atoms with Crippen molar-refractivity contribution in [1.82, 2.24) is 20.4 Å². The molecule has 1 amide bonds. The zero-order valence-corrected chi connectivity index (χ0v) is 10.2. The Morgan fingerprint density at radius 2 is 2.35 bits per heavy atom. The summed E-state index contributed by atoms with van der Waals surface area (Å²) < 4.78 is 6.71. The highest BCUT2D eigenvalue weighted by Crippen LogP contribution is 1.82. The van der Waals surface area contributed by atoms with Gasteiger partial charge in [-0.1, -0.05) is 0 Å². The Morgan fingerprint density at radius 3 is 3.06 bits per heavy atom. The fourth-order valence-corrected chi connectivity index (χ4v) is 1.34. The number of hydrogen-bond acceptors (Lipinski definition) is 4. The molecule has 1 aromatic heterocycles. The minimum absolute atomic E-state index is 0.0153. The van der Waals surface area contributed by atoms with Crippen LogP contribution in [0.3, 0.4) is 0 Å². The number of ether oxygens (including phenoxy) is 1. The van der Waals surface area contributed by atoms with Crippen molar-refractivity contribution in [3.8, 4) is 0 Å². The molecule has 0 unspecified atom stereocenters. The summed E-state index contributed by atoms with van der Waals surface area (Å²) in [7, 11) is 1.65. The van der Waals surface area contributed by atoms with Crippen LogP contribution in [0.5, 0.6) is 0 Å². The number of amides is 1. The first-order chi connectivity index (χ1) is 8.33. The summed E-state index contributed by atoms with van der Waals surface area (Å²) in [6, 6.07) is 1.88. The summed E-state index contributed by atoms with van der Waals surface area (Å²) in [5.74, 6) is 0.0153. The maximum atomic E-state index is 11.3. The van der Waals surface area contributed by atoms with Gasteiger partial charge in [0.05, 0.1) is 13.1 Å². The Bertz CT molecular complexity index is 300. The van der Waals surface area contributed by atoms with Gasteiger partial charge in [0.15, 0.2) is 0 Å². The minimum atomic E-state index is 0.0153. The summed E-state index contributed by atoms with van der Waals surface area (Å²) in [5, 5.41) is 9.93. The van der Waals surface area contributed by atoms with Crippen LogP contribution in [0.25, 0.3) is 0 Å². The maximum absolute atomic E-state index is 11.3. The van der Waals surface area contributed by atoms with Crippen LogP contribution < -0.4 is 10.6 Å². The number of carbonyl (C=O) groups is 1. The third-order valence-electron chi connectivity index (χ3n) is 2.21. The number of nitrogens with one attached hydrogen (secondary N) is 2. The Kier molecular flexibility index (Phi) is 7.01. The second-order valence-corrected chi connectivity index (χ2v) is 3.64. The van der Waals surface area contributed by atoms with Gasteiger partial charge in [-0.05, 0) is 12.5 Å². The van der Waals surface area contributed by atoms with Gasteiger partial charge in [0.1, 0.15) is 0 Å². The summed E-state index contributed by atoms with van der Waals surface area (Å²) in [5.41, 5.74) is 0. The standard InChI is InChI=1S/C11H20N4O2/c1-17-9-3-4-13-11(16)10-12-6-8-15-7-2-5-14-15/h2,5,7,12H,3-4,6,8-10H2,1H3,(H,13,16). The van der Waals surface area contributed by atoms with E-state index in [4.69, 9.17) is 4.74 Å². The van der Waals surface area contributed by atoms with Gasteiger partial charge in [0, 0.05) is 39.2 Å². The van der Waals surface area contributed by atoms with Crippen LogP contribution in [-0.4, -0.2) is 49.0 Å². The molecule has 0 radical (unpaired) electrons. The van der Waals surface area contributed by atoms with Crippen LogP contribution in [0.4, 0.5) is 0 Å². The van der Waals surface area contributed by atoms with Gasteiger partial charge < -0.3 is 15.4 Å². The predicted octanol–water partition coefficient (Wildman–Crippen LogP) is -0.375. The normalized spacial score (nSPS) is 10.4. The third-order valence-corrected chi connectivity index (χ3v) is 2.21. The molecule has 1 heterocycles. The van der Waals surface area contributed by atoms with Crippen molar-refractivity contribution in [2.24, 2.45) is 0 Å². The molecule has 6 heteroatoms. The van der Waals surface area contributed by atoms with Crippen molar-refractivity contribution in [2.45, 2.75) is 13.0 Å². The lowest BCUT2D eigenvalue weighted by Gasteiger charge is -2.06. The van der Waals surface area contributed by atoms with E-state index in [0.29, 0.717) is 19.7 Å². The average molecular weight is 240 g/mol. The largest absolute Gasteiger partial charge is 0.385 e. The third kappa shape index (κ3) is 6.70. The van der Waals surface area contributed by atoms with Crippen LogP contribution in [0.1, 0.15) is 6.42 Å². The van der Waals surface area contributed by atoms with Crippen molar-refractivity contribution >= 4 is 5.91 Å². The number of rotatable bonds is 9. The Morgan fingerprint density at radius 1 is 1.47 bits per heavy atom. The maximum Gasteiger partial charge on any atom is 0.233 e. The SMILES string of the molecule is COCCCNC(=O)CNCCn1cccn1. The number of hydrogen-bond donors (Lipinski definition) is 2. The molecule has 0 aliphatic rings. The van der Waals surface area contributed by atoms with Crippen LogP contribution >= 0.6 is 0 Å². The molecule has 0 bridgehead atoms. The first-order valence-corrected chi connectivity index (χ1v) is 5.76. The van der Waals surface area contributed by atoms with Gasteiger partial charge >= 0.3 is 0 Å². The van der Waals surface area contributed by atoms with Crippen molar-refractivity contribution < 1.29 is 9.53 Å². The van der Waals surface area contributed by atoms with Crippen molar-refractivity contribution in [3.05, 3.63) is 18.5 Å². The van der Waals surface area contributed by atoms with E-state index in [9.17, 15) is 4.79 Å². The molecule has 17 heavy (non-hydrogen) atoms. The molecule has 6 nitrogen and oxygen atoms in total. The Balaban J connectivity index is 1.93. The molecule has 2 N–H and O–H groups in total. The van der Waals surface area contributed by atoms with E-state index in [1.165, 1.54) is 0 Å². The molecular formula is C11H20N4O2. The summed E-state index contributed by atoms with van der Waals surface area (Å²) >= 11 is 0. The predicted molar refractivity (Wildman–Crippen MR) is 64.6 cm³/mol. The fraction of sp³-hybridized carbons (Fsp3) is 0.636. The molecule has 1 aromatic rings. The van der Waals surface area contributed by atoms with Gasteiger partial charge in [-0.25, -0.2) is 0 Å². The van der Waals surface area contributed by atoms with Gasteiger partial charge in [0.25, 0.3) is 0 Å².